The highest BCUT2D eigenvalue weighted by Gasteiger charge is 2.17. The van der Waals surface area contributed by atoms with Gasteiger partial charge in [0.25, 0.3) is 11.5 Å². The Hall–Kier alpha value is -2.47. The van der Waals surface area contributed by atoms with Crippen LogP contribution in [0, 0.1) is 5.92 Å². The van der Waals surface area contributed by atoms with Crippen molar-refractivity contribution in [2.24, 2.45) is 13.0 Å². The highest BCUT2D eigenvalue weighted by atomic mass is 16.2. The molecule has 6 nitrogen and oxygen atoms in total. The number of amides is 1. The van der Waals surface area contributed by atoms with Gasteiger partial charge >= 0.3 is 0 Å². The number of aromatic nitrogens is 2. The number of aryl methyl sites for hydroxylation is 1. The van der Waals surface area contributed by atoms with Crippen LogP contribution in [0.2, 0.25) is 0 Å². The maximum absolute atomic E-state index is 12.3. The molecule has 0 bridgehead atoms. The van der Waals surface area contributed by atoms with E-state index in [1.807, 2.05) is 12.1 Å². The Kier molecular flexibility index (Phi) is 5.83. The molecule has 1 amide bonds. The molecule has 0 atom stereocenters. The number of hydrogen-bond acceptors (Lipinski definition) is 4. The fraction of sp³-hybridized carbons (Fsp3) is 0.450. The van der Waals surface area contributed by atoms with Gasteiger partial charge in [0.05, 0.1) is 0 Å². The van der Waals surface area contributed by atoms with Gasteiger partial charge in [0.1, 0.15) is 5.69 Å². The number of benzene rings is 1. The smallest absolute Gasteiger partial charge is 0.271 e. The third kappa shape index (κ3) is 4.58. The molecule has 3 rings (SSSR count). The van der Waals surface area contributed by atoms with Gasteiger partial charge < -0.3 is 5.32 Å². The van der Waals surface area contributed by atoms with Crippen LogP contribution >= 0.6 is 0 Å². The number of piperidine rings is 1. The number of carbonyl (C=O) groups is 1. The molecule has 1 aromatic heterocycles. The molecule has 0 saturated carbocycles. The zero-order chi connectivity index (χ0) is 18.5. The van der Waals surface area contributed by atoms with Crippen LogP contribution in [0.25, 0.3) is 0 Å². The lowest BCUT2D eigenvalue weighted by Gasteiger charge is -2.30. The van der Waals surface area contributed by atoms with Crippen molar-refractivity contribution in [1.29, 1.82) is 0 Å². The highest BCUT2D eigenvalue weighted by molar-refractivity contribution is 5.91. The van der Waals surface area contributed by atoms with Crippen LogP contribution in [-0.4, -0.2) is 33.7 Å². The Morgan fingerprint density at radius 2 is 1.85 bits per heavy atom. The van der Waals surface area contributed by atoms with Crippen LogP contribution in [0.1, 0.15) is 41.4 Å². The number of nitrogens with zero attached hydrogens (tertiary/aromatic N) is 3. The largest absolute Gasteiger partial charge is 0.347 e. The Balaban J connectivity index is 1.63. The first kappa shape index (κ1) is 18.3. The molecule has 6 heteroatoms. The quantitative estimate of drug-likeness (QED) is 0.891. The molecule has 0 radical (unpaired) electrons. The number of carbonyl (C=O) groups excluding carboxylic acids is 1. The van der Waals surface area contributed by atoms with Crippen molar-refractivity contribution < 1.29 is 4.79 Å². The number of rotatable bonds is 5. The summed E-state index contributed by atoms with van der Waals surface area (Å²) in [6.45, 7) is 5.93. The Bertz CT molecular complexity index is 823. The van der Waals surface area contributed by atoms with E-state index in [1.165, 1.54) is 42.3 Å². The van der Waals surface area contributed by atoms with E-state index < -0.39 is 0 Å². The molecule has 26 heavy (non-hydrogen) atoms. The number of nitrogens with one attached hydrogen (secondary N) is 1. The molecule has 1 fully saturated rings. The fourth-order valence-electron chi connectivity index (χ4n) is 3.23. The van der Waals surface area contributed by atoms with Gasteiger partial charge in [-0.05, 0) is 49.0 Å². The van der Waals surface area contributed by atoms with Crippen LogP contribution in [0.4, 0.5) is 0 Å². The molecule has 138 valence electrons. The van der Waals surface area contributed by atoms with Gasteiger partial charge in [0, 0.05) is 26.2 Å². The SMILES string of the molecule is CC1CCN(Cc2ccccc2CNC(=O)c2ccc(=O)n(C)n2)CC1. The number of hydrogen-bond donors (Lipinski definition) is 1. The van der Waals surface area contributed by atoms with E-state index in [4.69, 9.17) is 0 Å². The average molecular weight is 354 g/mol. The van der Waals surface area contributed by atoms with E-state index in [9.17, 15) is 9.59 Å². The van der Waals surface area contributed by atoms with Gasteiger partial charge in [-0.15, -0.1) is 0 Å². The van der Waals surface area contributed by atoms with Gasteiger partial charge in [-0.1, -0.05) is 31.2 Å². The normalized spacial score (nSPS) is 15.8. The lowest BCUT2D eigenvalue weighted by Crippen LogP contribution is -2.33. The summed E-state index contributed by atoms with van der Waals surface area (Å²) in [5.74, 6) is 0.539. The van der Waals surface area contributed by atoms with Gasteiger partial charge in [-0.3, -0.25) is 14.5 Å². The molecule has 1 saturated heterocycles. The summed E-state index contributed by atoms with van der Waals surface area (Å²) in [4.78, 5) is 26.2. The monoisotopic (exact) mass is 354 g/mol. The molecule has 1 aromatic carbocycles. The summed E-state index contributed by atoms with van der Waals surface area (Å²) in [5.41, 5.74) is 2.37. The molecule has 1 aliphatic heterocycles. The fourth-order valence-corrected chi connectivity index (χ4v) is 3.23. The lowest BCUT2D eigenvalue weighted by atomic mass is 9.98. The number of likely N-dealkylation sites (tertiary alicyclic amines) is 1. The van der Waals surface area contributed by atoms with Crippen LogP contribution in [0.3, 0.4) is 0 Å². The van der Waals surface area contributed by atoms with Gasteiger partial charge in [0.15, 0.2) is 0 Å². The van der Waals surface area contributed by atoms with Crippen molar-refractivity contribution in [3.63, 3.8) is 0 Å². The maximum atomic E-state index is 12.3. The zero-order valence-electron chi connectivity index (χ0n) is 15.4. The molecule has 0 unspecified atom stereocenters. The lowest BCUT2D eigenvalue weighted by molar-refractivity contribution is 0.0943. The van der Waals surface area contributed by atoms with Crippen molar-refractivity contribution >= 4 is 5.91 Å². The van der Waals surface area contributed by atoms with Crippen molar-refractivity contribution in [1.82, 2.24) is 20.0 Å². The standard InChI is InChI=1S/C20H26N4O2/c1-15-9-11-24(12-10-15)14-17-6-4-3-5-16(17)13-21-20(26)18-7-8-19(25)23(2)22-18/h3-8,15H,9-14H2,1-2H3,(H,21,26). The van der Waals surface area contributed by atoms with Crippen LogP contribution in [-0.2, 0) is 20.1 Å². The Morgan fingerprint density at radius 1 is 1.15 bits per heavy atom. The average Bonchev–Trinajstić information content (AvgIpc) is 2.65. The van der Waals surface area contributed by atoms with E-state index in [2.05, 4.69) is 34.4 Å². The minimum absolute atomic E-state index is 0.234. The van der Waals surface area contributed by atoms with E-state index >= 15 is 0 Å². The van der Waals surface area contributed by atoms with E-state index in [0.717, 1.165) is 31.1 Å². The molecular weight excluding hydrogens is 328 g/mol. The van der Waals surface area contributed by atoms with Gasteiger partial charge in [-0.25, -0.2) is 4.68 Å². The summed E-state index contributed by atoms with van der Waals surface area (Å²) in [6.07, 6.45) is 2.49. The minimum Gasteiger partial charge on any atom is -0.347 e. The second-order valence-corrected chi connectivity index (χ2v) is 7.09. The first-order valence-electron chi connectivity index (χ1n) is 9.14. The molecule has 1 aliphatic rings. The Morgan fingerprint density at radius 3 is 2.54 bits per heavy atom. The predicted molar refractivity (Wildman–Crippen MR) is 101 cm³/mol. The van der Waals surface area contributed by atoms with E-state index in [-0.39, 0.29) is 17.2 Å². The van der Waals surface area contributed by atoms with Gasteiger partial charge in [-0.2, -0.15) is 5.10 Å². The second kappa shape index (κ2) is 8.27. The van der Waals surface area contributed by atoms with E-state index in [0.29, 0.717) is 6.54 Å². The summed E-state index contributed by atoms with van der Waals surface area (Å²) in [7, 11) is 1.54. The third-order valence-corrected chi connectivity index (χ3v) is 5.02. The van der Waals surface area contributed by atoms with Crippen LogP contribution < -0.4 is 10.9 Å². The predicted octanol–water partition coefficient (Wildman–Crippen LogP) is 1.94. The Labute approximate surface area is 153 Å². The van der Waals surface area contributed by atoms with Gasteiger partial charge in [0.2, 0.25) is 0 Å². The molecule has 0 aliphatic carbocycles. The summed E-state index contributed by atoms with van der Waals surface area (Å²) in [6, 6.07) is 11.0. The maximum Gasteiger partial charge on any atom is 0.271 e. The summed E-state index contributed by atoms with van der Waals surface area (Å²) < 4.78 is 1.17. The summed E-state index contributed by atoms with van der Waals surface area (Å²) in [5, 5.41) is 6.90. The molecule has 2 aromatic rings. The minimum atomic E-state index is -0.276. The van der Waals surface area contributed by atoms with Crippen LogP contribution in [0.15, 0.2) is 41.2 Å². The van der Waals surface area contributed by atoms with Crippen molar-refractivity contribution in [3.05, 3.63) is 63.6 Å². The second-order valence-electron chi connectivity index (χ2n) is 7.09. The highest BCUT2D eigenvalue weighted by Crippen LogP contribution is 2.19. The molecule has 0 spiro atoms. The van der Waals surface area contributed by atoms with Crippen molar-refractivity contribution in [2.45, 2.75) is 32.9 Å². The van der Waals surface area contributed by atoms with E-state index in [1.54, 1.807) is 0 Å². The van der Waals surface area contributed by atoms with Crippen molar-refractivity contribution in [3.8, 4) is 0 Å². The first-order chi connectivity index (χ1) is 12.5. The van der Waals surface area contributed by atoms with Crippen LogP contribution in [0.5, 0.6) is 0 Å². The molecular formula is C20H26N4O2. The first-order valence-corrected chi connectivity index (χ1v) is 9.14. The topological polar surface area (TPSA) is 67.2 Å². The van der Waals surface area contributed by atoms with Crippen molar-refractivity contribution in [2.75, 3.05) is 13.1 Å². The zero-order valence-corrected chi connectivity index (χ0v) is 15.4. The molecule has 1 N–H and O–H groups in total. The molecule has 2 heterocycles. The third-order valence-electron chi connectivity index (χ3n) is 5.02. The summed E-state index contributed by atoms with van der Waals surface area (Å²) >= 11 is 0.